The molecule has 1 spiro atoms. The predicted molar refractivity (Wildman–Crippen MR) is 86.9 cm³/mol. The summed E-state index contributed by atoms with van der Waals surface area (Å²) in [6.07, 6.45) is 17.9. The monoisotopic (exact) mass is 277 g/mol. The summed E-state index contributed by atoms with van der Waals surface area (Å²) in [5.74, 6) is 1.80. The highest BCUT2D eigenvalue weighted by molar-refractivity contribution is 4.93. The quantitative estimate of drug-likeness (QED) is 0.738. The van der Waals surface area contributed by atoms with Crippen molar-refractivity contribution < 1.29 is 0 Å². The van der Waals surface area contributed by atoms with Gasteiger partial charge in [0.2, 0.25) is 0 Å². The maximum atomic E-state index is 4.10. The first kappa shape index (κ1) is 14.9. The molecule has 3 aliphatic carbocycles. The van der Waals surface area contributed by atoms with E-state index in [4.69, 9.17) is 0 Å². The first-order chi connectivity index (χ1) is 9.69. The summed E-state index contributed by atoms with van der Waals surface area (Å²) in [6, 6.07) is 1.66. The van der Waals surface area contributed by atoms with Crippen molar-refractivity contribution in [1.29, 1.82) is 0 Å². The summed E-state index contributed by atoms with van der Waals surface area (Å²) >= 11 is 0. The van der Waals surface area contributed by atoms with E-state index in [9.17, 15) is 0 Å². The molecular formula is C19H35N. The molecule has 0 bridgehead atoms. The smallest absolute Gasteiger partial charge is 0.0100 e. The topological polar surface area (TPSA) is 12.0 Å². The van der Waals surface area contributed by atoms with Crippen molar-refractivity contribution in [2.45, 2.75) is 103 Å². The summed E-state index contributed by atoms with van der Waals surface area (Å²) in [6.45, 7) is 4.86. The highest BCUT2D eigenvalue weighted by Gasteiger charge is 2.38. The molecule has 0 amide bonds. The molecule has 0 aromatic carbocycles. The van der Waals surface area contributed by atoms with Gasteiger partial charge in [0.25, 0.3) is 0 Å². The van der Waals surface area contributed by atoms with E-state index in [1.165, 1.54) is 77.0 Å². The van der Waals surface area contributed by atoms with Gasteiger partial charge in [0.15, 0.2) is 0 Å². The van der Waals surface area contributed by atoms with E-state index >= 15 is 0 Å². The molecule has 0 aliphatic heterocycles. The molecule has 1 nitrogen and oxygen atoms in total. The Balaban J connectivity index is 1.50. The zero-order valence-electron chi connectivity index (χ0n) is 13.8. The lowest BCUT2D eigenvalue weighted by molar-refractivity contribution is 0.134. The van der Waals surface area contributed by atoms with Crippen LogP contribution in [0.2, 0.25) is 0 Å². The Morgan fingerprint density at radius 2 is 1.45 bits per heavy atom. The molecule has 3 rings (SSSR count). The molecule has 116 valence electrons. The van der Waals surface area contributed by atoms with Gasteiger partial charge < -0.3 is 5.32 Å². The summed E-state index contributed by atoms with van der Waals surface area (Å²) in [5, 5.41) is 4.10. The highest BCUT2D eigenvalue weighted by Crippen LogP contribution is 2.49. The summed E-state index contributed by atoms with van der Waals surface area (Å²) in [5.41, 5.74) is 0.794. The molecule has 0 aromatic rings. The van der Waals surface area contributed by atoms with Crippen molar-refractivity contribution in [2.75, 3.05) is 0 Å². The molecule has 3 saturated carbocycles. The first-order valence-electron chi connectivity index (χ1n) is 9.45. The van der Waals surface area contributed by atoms with Crippen LogP contribution in [-0.4, -0.2) is 12.1 Å². The Morgan fingerprint density at radius 3 is 2.10 bits per heavy atom. The van der Waals surface area contributed by atoms with Gasteiger partial charge in [-0.15, -0.1) is 0 Å². The number of hydrogen-bond acceptors (Lipinski definition) is 1. The van der Waals surface area contributed by atoms with Gasteiger partial charge in [-0.1, -0.05) is 39.5 Å². The minimum atomic E-state index is 0.794. The minimum absolute atomic E-state index is 0.794. The second-order valence-electron chi connectivity index (χ2n) is 8.45. The van der Waals surface area contributed by atoms with Crippen LogP contribution in [0.15, 0.2) is 0 Å². The van der Waals surface area contributed by atoms with Gasteiger partial charge in [-0.3, -0.25) is 0 Å². The maximum absolute atomic E-state index is 4.10. The van der Waals surface area contributed by atoms with Crippen LogP contribution in [-0.2, 0) is 0 Å². The first-order valence-corrected chi connectivity index (χ1v) is 9.45. The summed E-state index contributed by atoms with van der Waals surface area (Å²) in [7, 11) is 0. The molecule has 3 aliphatic rings. The standard InChI is InChI=1S/C19H35N/c1-15(2)17-7-3-4-8-18(17)20-16-9-13-19(14-10-16)11-5-6-12-19/h15-18,20H,3-14H2,1-2H3. The van der Waals surface area contributed by atoms with Crippen LogP contribution in [0.1, 0.15) is 90.9 Å². The number of rotatable bonds is 3. The molecule has 20 heavy (non-hydrogen) atoms. The third kappa shape index (κ3) is 3.24. The molecule has 0 aromatic heterocycles. The van der Waals surface area contributed by atoms with Crippen LogP contribution in [0.5, 0.6) is 0 Å². The Hall–Kier alpha value is -0.0400. The van der Waals surface area contributed by atoms with Crippen molar-refractivity contribution >= 4 is 0 Å². The van der Waals surface area contributed by atoms with Gasteiger partial charge >= 0.3 is 0 Å². The van der Waals surface area contributed by atoms with Crippen molar-refractivity contribution in [1.82, 2.24) is 5.32 Å². The second-order valence-corrected chi connectivity index (χ2v) is 8.45. The Bertz CT molecular complexity index is 293. The van der Waals surface area contributed by atoms with Crippen molar-refractivity contribution in [3.05, 3.63) is 0 Å². The Labute approximate surface area is 126 Å². The van der Waals surface area contributed by atoms with Gasteiger partial charge in [-0.25, -0.2) is 0 Å². The van der Waals surface area contributed by atoms with E-state index in [0.29, 0.717) is 0 Å². The van der Waals surface area contributed by atoms with Crippen molar-refractivity contribution in [3.63, 3.8) is 0 Å². The lowest BCUT2D eigenvalue weighted by Gasteiger charge is -2.42. The maximum Gasteiger partial charge on any atom is 0.0100 e. The number of hydrogen-bond donors (Lipinski definition) is 1. The van der Waals surface area contributed by atoms with E-state index in [2.05, 4.69) is 19.2 Å². The van der Waals surface area contributed by atoms with Crippen molar-refractivity contribution in [2.24, 2.45) is 17.3 Å². The van der Waals surface area contributed by atoms with Gasteiger partial charge in [-0.2, -0.15) is 0 Å². The van der Waals surface area contributed by atoms with E-state index in [1.807, 2.05) is 0 Å². The van der Waals surface area contributed by atoms with Crippen LogP contribution >= 0.6 is 0 Å². The normalized spacial score (nSPS) is 35.0. The largest absolute Gasteiger partial charge is 0.311 e. The van der Waals surface area contributed by atoms with Gasteiger partial charge in [0.1, 0.15) is 0 Å². The third-order valence-corrected chi connectivity index (χ3v) is 6.84. The van der Waals surface area contributed by atoms with Gasteiger partial charge in [0.05, 0.1) is 0 Å². The molecule has 0 radical (unpaired) electrons. The van der Waals surface area contributed by atoms with E-state index < -0.39 is 0 Å². The lowest BCUT2D eigenvalue weighted by atomic mass is 9.70. The molecule has 0 saturated heterocycles. The lowest BCUT2D eigenvalue weighted by Crippen LogP contribution is -2.47. The highest BCUT2D eigenvalue weighted by atomic mass is 15.0. The van der Waals surface area contributed by atoms with Crippen LogP contribution in [0.25, 0.3) is 0 Å². The van der Waals surface area contributed by atoms with Crippen LogP contribution in [0.4, 0.5) is 0 Å². The Kier molecular flexibility index (Phi) is 4.75. The summed E-state index contributed by atoms with van der Waals surface area (Å²) < 4.78 is 0. The molecular weight excluding hydrogens is 242 g/mol. The molecule has 2 unspecified atom stereocenters. The number of nitrogens with one attached hydrogen (secondary N) is 1. The second kappa shape index (κ2) is 6.38. The molecule has 1 heteroatoms. The van der Waals surface area contributed by atoms with Crippen molar-refractivity contribution in [3.8, 4) is 0 Å². The van der Waals surface area contributed by atoms with Crippen LogP contribution in [0.3, 0.4) is 0 Å². The molecule has 1 N–H and O–H groups in total. The molecule has 0 heterocycles. The zero-order chi connectivity index (χ0) is 14.0. The van der Waals surface area contributed by atoms with E-state index in [1.54, 1.807) is 0 Å². The van der Waals surface area contributed by atoms with Gasteiger partial charge in [0, 0.05) is 12.1 Å². The Morgan fingerprint density at radius 1 is 0.800 bits per heavy atom. The average Bonchev–Trinajstić information content (AvgIpc) is 2.90. The fraction of sp³-hybridized carbons (Fsp3) is 1.00. The SMILES string of the molecule is CC(C)C1CCCCC1NC1CCC2(CCCC2)CC1. The van der Waals surface area contributed by atoms with Gasteiger partial charge in [-0.05, 0) is 68.6 Å². The van der Waals surface area contributed by atoms with Crippen LogP contribution in [0, 0.1) is 17.3 Å². The average molecular weight is 277 g/mol. The van der Waals surface area contributed by atoms with Crippen LogP contribution < -0.4 is 5.32 Å². The predicted octanol–water partition coefficient (Wildman–Crippen LogP) is 5.29. The fourth-order valence-corrected chi connectivity index (χ4v) is 5.49. The third-order valence-electron chi connectivity index (χ3n) is 6.84. The molecule has 3 fully saturated rings. The van der Waals surface area contributed by atoms with E-state index in [-0.39, 0.29) is 0 Å². The zero-order valence-corrected chi connectivity index (χ0v) is 13.8. The van der Waals surface area contributed by atoms with E-state index in [0.717, 1.165) is 29.3 Å². The minimum Gasteiger partial charge on any atom is -0.311 e. The fourth-order valence-electron chi connectivity index (χ4n) is 5.49. The summed E-state index contributed by atoms with van der Waals surface area (Å²) in [4.78, 5) is 0. The molecule has 2 atom stereocenters.